The number of rotatable bonds is 8. The molecule has 174 valence electrons. The largest absolute Gasteiger partial charge is 0.495 e. The quantitative estimate of drug-likeness (QED) is 0.352. The lowest BCUT2D eigenvalue weighted by molar-refractivity contribution is -0.127. The number of para-hydroxylation sites is 1. The maximum Gasteiger partial charge on any atom is 0.231 e. The number of carbonyl (C=O) groups is 2. The van der Waals surface area contributed by atoms with E-state index in [0.29, 0.717) is 28.6 Å². The Morgan fingerprint density at radius 1 is 0.788 bits per heavy atom. The van der Waals surface area contributed by atoms with Crippen LogP contribution in [0.1, 0.15) is 6.42 Å². The molecule has 0 fully saturated rings. The first-order valence-corrected chi connectivity index (χ1v) is 10.1. The van der Waals surface area contributed by atoms with Crippen LogP contribution in [0.3, 0.4) is 0 Å². The van der Waals surface area contributed by atoms with E-state index in [-0.39, 0.29) is 24.7 Å². The Labute approximate surface area is 193 Å². The first-order valence-electron chi connectivity index (χ1n) is 10.1. The van der Waals surface area contributed by atoms with Crippen LogP contribution in [0.2, 0.25) is 0 Å². The van der Waals surface area contributed by atoms with Crippen LogP contribution in [0.25, 0.3) is 11.1 Å². The fourth-order valence-electron chi connectivity index (χ4n) is 2.90. The zero-order valence-electron chi connectivity index (χ0n) is 19.0. The number of amides is 1. The topological polar surface area (TPSA) is 126 Å². The molecule has 0 unspecified atom stereocenters. The van der Waals surface area contributed by atoms with Crippen LogP contribution >= 0.6 is 0 Å². The van der Waals surface area contributed by atoms with Gasteiger partial charge in [-0.1, -0.05) is 30.3 Å². The van der Waals surface area contributed by atoms with Gasteiger partial charge in [0.05, 0.1) is 32.0 Å². The number of nitrogens with one attached hydrogen (secondary N) is 1. The zero-order valence-corrected chi connectivity index (χ0v) is 19.0. The molecule has 0 bridgehead atoms. The van der Waals surface area contributed by atoms with Gasteiger partial charge in [0.25, 0.3) is 0 Å². The molecule has 1 amide bonds. The summed E-state index contributed by atoms with van der Waals surface area (Å²) >= 11 is 0. The van der Waals surface area contributed by atoms with Crippen molar-refractivity contribution in [1.29, 1.82) is 0 Å². The highest BCUT2D eigenvalue weighted by Gasteiger charge is 2.09. The molecule has 0 aliphatic heterocycles. The second-order valence-corrected chi connectivity index (χ2v) is 6.98. The van der Waals surface area contributed by atoms with Crippen molar-refractivity contribution < 1.29 is 23.8 Å². The summed E-state index contributed by atoms with van der Waals surface area (Å²) in [5.74, 6) is 0.765. The van der Waals surface area contributed by atoms with Gasteiger partial charge in [-0.2, -0.15) is 0 Å². The van der Waals surface area contributed by atoms with E-state index in [1.165, 1.54) is 7.11 Å². The average molecular weight is 452 g/mol. The molecule has 0 saturated carbocycles. The monoisotopic (exact) mass is 451 g/mol. The Kier molecular flexibility index (Phi) is 9.73. The number of methoxy groups -OCH3 is 3. The van der Waals surface area contributed by atoms with Gasteiger partial charge in [0.1, 0.15) is 18.1 Å². The minimum atomic E-state index is -0.316. The third-order valence-corrected chi connectivity index (χ3v) is 4.52. The molecule has 0 atom stereocenters. The fraction of sp³-hybridized carbons (Fsp3) is 0.200. The molecule has 3 aromatic rings. The minimum absolute atomic E-state index is 0.0256. The Hall–Kier alpha value is -4.04. The zero-order chi connectivity index (χ0) is 24.2. The number of anilines is 3. The number of ketones is 1. The number of carbonyl (C=O) groups excluding carboxylic acids is 2. The van der Waals surface area contributed by atoms with E-state index < -0.39 is 0 Å². The Morgan fingerprint density at radius 2 is 1.30 bits per heavy atom. The molecule has 0 spiro atoms. The van der Waals surface area contributed by atoms with Crippen LogP contribution < -0.4 is 26.3 Å². The molecule has 0 heterocycles. The molecule has 3 rings (SSSR count). The Morgan fingerprint density at radius 3 is 1.76 bits per heavy atom. The first kappa shape index (κ1) is 25.2. The first-order chi connectivity index (χ1) is 15.9. The molecule has 5 N–H and O–H groups in total. The van der Waals surface area contributed by atoms with Gasteiger partial charge in [-0.15, -0.1) is 0 Å². The summed E-state index contributed by atoms with van der Waals surface area (Å²) in [4.78, 5) is 22.4. The summed E-state index contributed by atoms with van der Waals surface area (Å²) in [6.07, 6.45) is -0.150. The number of benzene rings is 3. The van der Waals surface area contributed by atoms with Crippen molar-refractivity contribution in [2.24, 2.45) is 0 Å². The lowest BCUT2D eigenvalue weighted by atomic mass is 10.0. The normalized spacial score (nSPS) is 9.91. The molecule has 0 saturated heterocycles. The second-order valence-electron chi connectivity index (χ2n) is 6.98. The standard InChI is InChI=1S/C14H16N2O2.C11H13NO3/c1-17-13-7-9(3-5-11(13)15)10-4-6-12(16)14(8-10)18-2;1-15-8-10(13)7-11(14)12-9-5-3-2-4-6-9/h3-8H,15-16H2,1-2H3;2-6H,7-8H2,1H3,(H,12,14). The maximum atomic E-state index is 11.3. The van der Waals surface area contributed by atoms with Crippen molar-refractivity contribution in [3.8, 4) is 22.6 Å². The summed E-state index contributed by atoms with van der Waals surface area (Å²) in [6, 6.07) is 20.3. The number of ether oxygens (including phenoxy) is 3. The van der Waals surface area contributed by atoms with Crippen LogP contribution in [0.4, 0.5) is 17.1 Å². The van der Waals surface area contributed by atoms with Crippen molar-refractivity contribution in [3.63, 3.8) is 0 Å². The van der Waals surface area contributed by atoms with Crippen LogP contribution in [-0.2, 0) is 14.3 Å². The summed E-state index contributed by atoms with van der Waals surface area (Å²) in [5, 5.41) is 2.62. The Balaban J connectivity index is 0.000000238. The lowest BCUT2D eigenvalue weighted by Gasteiger charge is -2.10. The van der Waals surface area contributed by atoms with Gasteiger partial charge in [0.15, 0.2) is 5.78 Å². The van der Waals surface area contributed by atoms with Crippen LogP contribution in [0.15, 0.2) is 66.7 Å². The molecule has 0 aliphatic carbocycles. The van der Waals surface area contributed by atoms with Crippen LogP contribution in [0, 0.1) is 0 Å². The third kappa shape index (κ3) is 7.86. The number of nitrogen functional groups attached to an aromatic ring is 2. The highest BCUT2D eigenvalue weighted by molar-refractivity contribution is 6.04. The molecular weight excluding hydrogens is 422 g/mol. The SMILES string of the molecule is COCC(=O)CC(=O)Nc1ccccc1.COc1cc(-c2ccc(N)c(OC)c2)ccc1N. The lowest BCUT2D eigenvalue weighted by Crippen LogP contribution is -2.18. The molecule has 0 aromatic heterocycles. The maximum absolute atomic E-state index is 11.3. The van der Waals surface area contributed by atoms with Crippen molar-refractivity contribution >= 4 is 28.8 Å². The molecule has 8 heteroatoms. The Bertz CT molecular complexity index is 1020. The minimum Gasteiger partial charge on any atom is -0.495 e. The van der Waals surface area contributed by atoms with E-state index in [9.17, 15) is 9.59 Å². The average Bonchev–Trinajstić information content (AvgIpc) is 2.81. The van der Waals surface area contributed by atoms with Crippen molar-refractivity contribution in [2.45, 2.75) is 6.42 Å². The van der Waals surface area contributed by atoms with Gasteiger partial charge in [0, 0.05) is 12.8 Å². The highest BCUT2D eigenvalue weighted by atomic mass is 16.5. The molecular formula is C25H29N3O5. The predicted octanol–water partition coefficient (Wildman–Crippen LogP) is 3.77. The summed E-state index contributed by atoms with van der Waals surface area (Å²) in [6.45, 7) is -0.0256. The smallest absolute Gasteiger partial charge is 0.231 e. The van der Waals surface area contributed by atoms with Gasteiger partial charge in [-0.25, -0.2) is 0 Å². The summed E-state index contributed by atoms with van der Waals surface area (Å²) in [5.41, 5.74) is 15.5. The second kappa shape index (κ2) is 12.7. The van der Waals surface area contributed by atoms with E-state index in [1.807, 2.05) is 54.6 Å². The number of nitrogens with two attached hydrogens (primary N) is 2. The van der Waals surface area contributed by atoms with Gasteiger partial charge < -0.3 is 31.0 Å². The fourth-order valence-corrected chi connectivity index (χ4v) is 2.90. The van der Waals surface area contributed by atoms with Crippen molar-refractivity contribution in [1.82, 2.24) is 0 Å². The van der Waals surface area contributed by atoms with Crippen molar-refractivity contribution in [3.05, 3.63) is 66.7 Å². The van der Waals surface area contributed by atoms with Gasteiger partial charge in [-0.3, -0.25) is 9.59 Å². The third-order valence-electron chi connectivity index (χ3n) is 4.52. The predicted molar refractivity (Wildman–Crippen MR) is 130 cm³/mol. The molecule has 0 radical (unpaired) electrons. The van der Waals surface area contributed by atoms with Gasteiger partial charge >= 0.3 is 0 Å². The summed E-state index contributed by atoms with van der Waals surface area (Å²) < 4.78 is 15.0. The molecule has 3 aromatic carbocycles. The van der Waals surface area contributed by atoms with Crippen LogP contribution in [-0.4, -0.2) is 39.6 Å². The summed E-state index contributed by atoms with van der Waals surface area (Å²) in [7, 11) is 4.62. The number of Topliss-reactive ketones (excluding diaryl/α,β-unsaturated/α-hetero) is 1. The molecule has 33 heavy (non-hydrogen) atoms. The molecule has 0 aliphatic rings. The van der Waals surface area contributed by atoms with Gasteiger partial charge in [-0.05, 0) is 47.5 Å². The van der Waals surface area contributed by atoms with E-state index in [4.69, 9.17) is 20.9 Å². The van der Waals surface area contributed by atoms with Crippen molar-refractivity contribution in [2.75, 3.05) is 44.7 Å². The van der Waals surface area contributed by atoms with E-state index in [2.05, 4.69) is 10.1 Å². The number of hydrogen-bond acceptors (Lipinski definition) is 7. The van der Waals surface area contributed by atoms with Crippen LogP contribution in [0.5, 0.6) is 11.5 Å². The van der Waals surface area contributed by atoms with E-state index in [1.54, 1.807) is 26.4 Å². The van der Waals surface area contributed by atoms with Gasteiger partial charge in [0.2, 0.25) is 5.91 Å². The van der Waals surface area contributed by atoms with E-state index >= 15 is 0 Å². The van der Waals surface area contributed by atoms with E-state index in [0.717, 1.165) is 11.1 Å². The number of hydrogen-bond donors (Lipinski definition) is 3. The molecule has 8 nitrogen and oxygen atoms in total. The highest BCUT2D eigenvalue weighted by Crippen LogP contribution is 2.32.